The molecule has 0 spiro atoms. The van der Waals surface area contributed by atoms with Gasteiger partial charge in [0.25, 0.3) is 5.91 Å². The molecule has 0 saturated heterocycles. The second-order valence-electron chi connectivity index (χ2n) is 5.92. The highest BCUT2D eigenvalue weighted by molar-refractivity contribution is 9.10. The van der Waals surface area contributed by atoms with Crippen LogP contribution in [-0.4, -0.2) is 22.4 Å². The number of carbonyl (C=O) groups excluding carboxylic acids is 1. The van der Waals surface area contributed by atoms with Crippen LogP contribution in [0.15, 0.2) is 65.3 Å². The minimum Gasteiger partial charge on any atom is -0.351 e. The van der Waals surface area contributed by atoms with Gasteiger partial charge in [0, 0.05) is 22.8 Å². The largest absolute Gasteiger partial charge is 0.351 e. The molecule has 2 aromatic heterocycles. The highest BCUT2D eigenvalue weighted by Crippen LogP contribution is 2.30. The molecular weight excluding hydrogens is 390 g/mol. The van der Waals surface area contributed by atoms with Crippen molar-refractivity contribution in [2.24, 2.45) is 0 Å². The molecular formula is C21H20BrN3O. The monoisotopic (exact) mass is 409 g/mol. The Balaban J connectivity index is 2.02. The third-order valence-corrected chi connectivity index (χ3v) is 4.54. The molecule has 0 radical (unpaired) electrons. The molecule has 0 bridgehead atoms. The molecule has 0 aliphatic heterocycles. The Morgan fingerprint density at radius 1 is 1.08 bits per heavy atom. The van der Waals surface area contributed by atoms with Crippen molar-refractivity contribution in [2.75, 3.05) is 6.54 Å². The lowest BCUT2D eigenvalue weighted by Crippen LogP contribution is -2.25. The fraction of sp³-hybridized carbons (Fsp3) is 0.190. The minimum absolute atomic E-state index is 0.155. The quantitative estimate of drug-likeness (QED) is 0.575. The Morgan fingerprint density at radius 3 is 2.58 bits per heavy atom. The van der Waals surface area contributed by atoms with Gasteiger partial charge >= 0.3 is 0 Å². The number of nitrogens with one attached hydrogen (secondary N) is 1. The molecule has 26 heavy (non-hydrogen) atoms. The second kappa shape index (κ2) is 8.72. The van der Waals surface area contributed by atoms with E-state index in [4.69, 9.17) is 0 Å². The summed E-state index contributed by atoms with van der Waals surface area (Å²) >= 11 is 3.46. The summed E-state index contributed by atoms with van der Waals surface area (Å²) < 4.78 is 1.01. The molecule has 0 unspecified atom stereocenters. The molecule has 3 rings (SSSR count). The van der Waals surface area contributed by atoms with E-state index >= 15 is 0 Å². The molecule has 1 amide bonds. The van der Waals surface area contributed by atoms with Gasteiger partial charge in [-0.05, 0) is 48.4 Å². The normalized spacial score (nSPS) is 10.5. The first kappa shape index (κ1) is 18.3. The Bertz CT molecular complexity index is 880. The highest BCUT2D eigenvalue weighted by Gasteiger charge is 2.15. The Morgan fingerprint density at radius 2 is 1.88 bits per heavy atom. The van der Waals surface area contributed by atoms with Crippen molar-refractivity contribution in [1.29, 1.82) is 0 Å². The lowest BCUT2D eigenvalue weighted by Gasteiger charge is -2.11. The fourth-order valence-electron chi connectivity index (χ4n) is 2.62. The zero-order valence-corrected chi connectivity index (χ0v) is 16.2. The number of halogens is 1. The number of amides is 1. The highest BCUT2D eigenvalue weighted by atomic mass is 79.9. The molecule has 132 valence electrons. The van der Waals surface area contributed by atoms with E-state index < -0.39 is 0 Å². The summed E-state index contributed by atoms with van der Waals surface area (Å²) in [4.78, 5) is 21.5. The number of rotatable bonds is 6. The second-order valence-corrected chi connectivity index (χ2v) is 6.84. The zero-order chi connectivity index (χ0) is 18.4. The summed E-state index contributed by atoms with van der Waals surface area (Å²) in [6.07, 6.45) is 3.72. The van der Waals surface area contributed by atoms with Crippen LogP contribution in [0.1, 0.15) is 30.3 Å². The predicted octanol–water partition coefficient (Wildman–Crippen LogP) is 5.10. The van der Waals surface area contributed by atoms with Crippen LogP contribution in [0.5, 0.6) is 0 Å². The van der Waals surface area contributed by atoms with E-state index in [-0.39, 0.29) is 5.91 Å². The molecule has 1 N–H and O–H groups in total. The van der Waals surface area contributed by atoms with Gasteiger partial charge < -0.3 is 5.32 Å². The van der Waals surface area contributed by atoms with Crippen molar-refractivity contribution in [3.63, 3.8) is 0 Å². The van der Waals surface area contributed by atoms with E-state index in [0.29, 0.717) is 17.9 Å². The van der Waals surface area contributed by atoms with E-state index in [9.17, 15) is 4.79 Å². The summed E-state index contributed by atoms with van der Waals surface area (Å²) in [6, 6.07) is 17.4. The fourth-order valence-corrected chi connectivity index (χ4v) is 2.88. The number of carbonyl (C=O) groups is 1. The Hall–Kier alpha value is -2.53. The average Bonchev–Trinajstić information content (AvgIpc) is 2.69. The van der Waals surface area contributed by atoms with Gasteiger partial charge in [0.2, 0.25) is 0 Å². The standard InChI is InChI=1S/C21H20BrN3O/c1-2-3-13-24-21(26)19-12-11-17(15-7-9-16(22)10-8-15)20(25-19)18-6-4-5-14-23-18/h4-12,14H,2-3,13H2,1H3,(H,24,26). The maximum Gasteiger partial charge on any atom is 0.269 e. The van der Waals surface area contributed by atoms with Crippen LogP contribution in [0.25, 0.3) is 22.5 Å². The van der Waals surface area contributed by atoms with Crippen molar-refractivity contribution in [1.82, 2.24) is 15.3 Å². The van der Waals surface area contributed by atoms with Gasteiger partial charge in [-0.1, -0.05) is 47.5 Å². The van der Waals surface area contributed by atoms with E-state index in [1.165, 1.54) is 0 Å². The minimum atomic E-state index is -0.155. The van der Waals surface area contributed by atoms with Crippen LogP contribution in [0, 0.1) is 0 Å². The Labute approximate surface area is 161 Å². The third kappa shape index (κ3) is 4.35. The van der Waals surface area contributed by atoms with E-state index in [0.717, 1.165) is 34.1 Å². The van der Waals surface area contributed by atoms with Crippen LogP contribution in [0.2, 0.25) is 0 Å². The van der Waals surface area contributed by atoms with Gasteiger partial charge in [-0.3, -0.25) is 9.78 Å². The summed E-state index contributed by atoms with van der Waals surface area (Å²) in [7, 11) is 0. The van der Waals surface area contributed by atoms with E-state index in [1.807, 2.05) is 48.5 Å². The van der Waals surface area contributed by atoms with Crippen molar-refractivity contribution in [3.8, 4) is 22.5 Å². The van der Waals surface area contributed by atoms with Crippen molar-refractivity contribution in [2.45, 2.75) is 19.8 Å². The number of aromatic nitrogens is 2. The predicted molar refractivity (Wildman–Crippen MR) is 108 cm³/mol. The van der Waals surface area contributed by atoms with Gasteiger partial charge in [0.05, 0.1) is 11.4 Å². The average molecular weight is 410 g/mol. The first-order chi connectivity index (χ1) is 12.7. The van der Waals surface area contributed by atoms with Crippen LogP contribution < -0.4 is 5.32 Å². The number of nitrogens with zero attached hydrogens (tertiary/aromatic N) is 2. The summed E-state index contributed by atoms with van der Waals surface area (Å²) in [5.41, 5.74) is 3.83. The lowest BCUT2D eigenvalue weighted by atomic mass is 10.0. The van der Waals surface area contributed by atoms with Gasteiger partial charge in [-0.15, -0.1) is 0 Å². The molecule has 2 heterocycles. The molecule has 0 aliphatic rings. The number of benzene rings is 1. The number of hydrogen-bond acceptors (Lipinski definition) is 3. The molecule has 1 aromatic carbocycles. The van der Waals surface area contributed by atoms with Crippen LogP contribution in [0.4, 0.5) is 0 Å². The third-order valence-electron chi connectivity index (χ3n) is 4.01. The van der Waals surface area contributed by atoms with Crippen molar-refractivity contribution in [3.05, 3.63) is 71.0 Å². The van der Waals surface area contributed by atoms with Crippen molar-refractivity contribution < 1.29 is 4.79 Å². The first-order valence-electron chi connectivity index (χ1n) is 8.65. The number of pyridine rings is 2. The molecule has 0 aliphatic carbocycles. The molecule has 4 nitrogen and oxygen atoms in total. The molecule has 0 fully saturated rings. The summed E-state index contributed by atoms with van der Waals surface area (Å²) in [5, 5.41) is 2.92. The number of hydrogen-bond donors (Lipinski definition) is 1. The summed E-state index contributed by atoms with van der Waals surface area (Å²) in [6.45, 7) is 2.75. The van der Waals surface area contributed by atoms with Crippen molar-refractivity contribution >= 4 is 21.8 Å². The maximum absolute atomic E-state index is 12.4. The molecule has 0 atom stereocenters. The van der Waals surface area contributed by atoms with Crippen LogP contribution >= 0.6 is 15.9 Å². The van der Waals surface area contributed by atoms with Crippen LogP contribution in [0.3, 0.4) is 0 Å². The lowest BCUT2D eigenvalue weighted by molar-refractivity contribution is 0.0948. The maximum atomic E-state index is 12.4. The summed E-state index contributed by atoms with van der Waals surface area (Å²) in [5.74, 6) is -0.155. The van der Waals surface area contributed by atoms with Gasteiger partial charge in [-0.2, -0.15) is 0 Å². The molecule has 5 heteroatoms. The molecule has 0 saturated carbocycles. The topological polar surface area (TPSA) is 54.9 Å². The van der Waals surface area contributed by atoms with E-state index in [2.05, 4.69) is 38.1 Å². The number of unbranched alkanes of at least 4 members (excludes halogenated alkanes) is 1. The van der Waals surface area contributed by atoms with Gasteiger partial charge in [0.15, 0.2) is 0 Å². The first-order valence-corrected chi connectivity index (χ1v) is 9.45. The zero-order valence-electron chi connectivity index (χ0n) is 14.6. The van der Waals surface area contributed by atoms with Gasteiger partial charge in [-0.25, -0.2) is 4.98 Å². The van der Waals surface area contributed by atoms with Crippen LogP contribution in [-0.2, 0) is 0 Å². The smallest absolute Gasteiger partial charge is 0.269 e. The molecule has 3 aromatic rings. The van der Waals surface area contributed by atoms with E-state index in [1.54, 1.807) is 12.3 Å². The SMILES string of the molecule is CCCCNC(=O)c1ccc(-c2ccc(Br)cc2)c(-c2ccccn2)n1. The van der Waals surface area contributed by atoms with Gasteiger partial charge in [0.1, 0.15) is 5.69 Å². The Kier molecular flexibility index (Phi) is 6.12.